The van der Waals surface area contributed by atoms with Gasteiger partial charge in [-0.3, -0.25) is 4.68 Å². The van der Waals surface area contributed by atoms with Crippen molar-refractivity contribution < 1.29 is 4.39 Å². The van der Waals surface area contributed by atoms with E-state index in [1.807, 2.05) is 23.9 Å². The van der Waals surface area contributed by atoms with E-state index in [0.717, 1.165) is 11.3 Å². The number of benzene rings is 1. The molecule has 0 aliphatic carbocycles. The Balaban J connectivity index is 2.08. The lowest BCUT2D eigenvalue weighted by Gasteiger charge is -2.14. The minimum absolute atomic E-state index is 0.0468. The first kappa shape index (κ1) is 12.6. The number of halogens is 1. The second-order valence-electron chi connectivity index (χ2n) is 4.72. The summed E-state index contributed by atoms with van der Waals surface area (Å²) in [7, 11) is 0. The van der Waals surface area contributed by atoms with E-state index in [1.54, 1.807) is 18.3 Å². The van der Waals surface area contributed by atoms with Crippen molar-refractivity contribution >= 4 is 5.69 Å². The fourth-order valence-electron chi connectivity index (χ4n) is 1.80. The van der Waals surface area contributed by atoms with Crippen LogP contribution >= 0.6 is 0 Å². The molecule has 1 aromatic heterocycles. The van der Waals surface area contributed by atoms with Gasteiger partial charge in [0.2, 0.25) is 0 Å². The van der Waals surface area contributed by atoms with E-state index in [0.29, 0.717) is 6.04 Å². The van der Waals surface area contributed by atoms with Gasteiger partial charge in [-0.25, -0.2) is 4.39 Å². The van der Waals surface area contributed by atoms with Crippen LogP contribution < -0.4 is 5.32 Å². The van der Waals surface area contributed by atoms with Crippen molar-refractivity contribution in [2.24, 2.45) is 0 Å². The summed E-state index contributed by atoms with van der Waals surface area (Å²) in [6.07, 6.45) is 3.75. The molecule has 96 valence electrons. The van der Waals surface area contributed by atoms with E-state index in [2.05, 4.69) is 24.3 Å². The maximum Gasteiger partial charge on any atom is 0.123 e. The van der Waals surface area contributed by atoms with Crippen LogP contribution in [0.5, 0.6) is 0 Å². The molecule has 1 aromatic carbocycles. The van der Waals surface area contributed by atoms with Gasteiger partial charge < -0.3 is 5.32 Å². The van der Waals surface area contributed by atoms with Crippen LogP contribution in [0.3, 0.4) is 0 Å². The molecule has 0 fully saturated rings. The van der Waals surface area contributed by atoms with Crippen LogP contribution in [0.15, 0.2) is 36.7 Å². The number of nitrogens with zero attached hydrogens (tertiary/aromatic N) is 2. The lowest BCUT2D eigenvalue weighted by molar-refractivity contribution is 0.532. The Morgan fingerprint density at radius 3 is 2.67 bits per heavy atom. The van der Waals surface area contributed by atoms with Gasteiger partial charge in [0.05, 0.1) is 11.9 Å². The van der Waals surface area contributed by atoms with Crippen LogP contribution in [0, 0.1) is 5.82 Å². The summed E-state index contributed by atoms with van der Waals surface area (Å²) in [4.78, 5) is 0. The molecule has 0 saturated carbocycles. The molecular weight excluding hydrogens is 229 g/mol. The number of rotatable bonds is 4. The first-order chi connectivity index (χ1) is 8.56. The molecule has 1 unspecified atom stereocenters. The summed E-state index contributed by atoms with van der Waals surface area (Å²) in [5, 5.41) is 7.57. The summed E-state index contributed by atoms with van der Waals surface area (Å²) < 4.78 is 15.0. The Kier molecular flexibility index (Phi) is 3.65. The maximum atomic E-state index is 13.1. The molecule has 1 atom stereocenters. The minimum atomic E-state index is -0.209. The van der Waals surface area contributed by atoms with Crippen LogP contribution in [0.25, 0.3) is 0 Å². The fourth-order valence-corrected chi connectivity index (χ4v) is 1.80. The van der Waals surface area contributed by atoms with Gasteiger partial charge in [0.15, 0.2) is 0 Å². The molecule has 0 aliphatic heterocycles. The third-order valence-electron chi connectivity index (χ3n) is 2.86. The quantitative estimate of drug-likeness (QED) is 0.891. The highest BCUT2D eigenvalue weighted by Gasteiger charge is 2.08. The van der Waals surface area contributed by atoms with Gasteiger partial charge in [-0.1, -0.05) is 12.1 Å². The first-order valence-electron chi connectivity index (χ1n) is 6.12. The zero-order chi connectivity index (χ0) is 13.1. The summed E-state index contributed by atoms with van der Waals surface area (Å²) in [6.45, 7) is 6.15. The Morgan fingerprint density at radius 2 is 2.06 bits per heavy atom. The van der Waals surface area contributed by atoms with Gasteiger partial charge >= 0.3 is 0 Å². The maximum absolute atomic E-state index is 13.1. The Hall–Kier alpha value is -1.84. The van der Waals surface area contributed by atoms with Crippen LogP contribution in [0.2, 0.25) is 0 Å². The van der Waals surface area contributed by atoms with Gasteiger partial charge in [-0.2, -0.15) is 5.10 Å². The number of hydrogen-bond donors (Lipinski definition) is 1. The van der Waals surface area contributed by atoms with Crippen molar-refractivity contribution in [1.82, 2.24) is 9.78 Å². The molecule has 0 amide bonds. The van der Waals surface area contributed by atoms with E-state index >= 15 is 0 Å². The lowest BCUT2D eigenvalue weighted by atomic mass is 10.1. The largest absolute Gasteiger partial charge is 0.376 e. The van der Waals surface area contributed by atoms with Crippen LogP contribution in [0.1, 0.15) is 38.4 Å². The lowest BCUT2D eigenvalue weighted by Crippen LogP contribution is -2.06. The van der Waals surface area contributed by atoms with E-state index in [1.165, 1.54) is 6.07 Å². The van der Waals surface area contributed by atoms with E-state index < -0.39 is 0 Å². The molecule has 3 nitrogen and oxygen atoms in total. The molecule has 18 heavy (non-hydrogen) atoms. The van der Waals surface area contributed by atoms with Gasteiger partial charge in [-0.15, -0.1) is 0 Å². The van der Waals surface area contributed by atoms with Gasteiger partial charge in [0.1, 0.15) is 5.82 Å². The normalized spacial score (nSPS) is 12.7. The second kappa shape index (κ2) is 5.21. The number of nitrogens with one attached hydrogen (secondary N) is 1. The Labute approximate surface area is 107 Å². The van der Waals surface area contributed by atoms with Crippen molar-refractivity contribution in [3.05, 3.63) is 48.0 Å². The molecule has 0 aliphatic rings. The molecular formula is C14H18FN3. The molecule has 4 heteroatoms. The zero-order valence-corrected chi connectivity index (χ0v) is 10.9. The zero-order valence-electron chi connectivity index (χ0n) is 10.9. The highest BCUT2D eigenvalue weighted by atomic mass is 19.1. The average Bonchev–Trinajstić information content (AvgIpc) is 2.77. The highest BCUT2D eigenvalue weighted by molar-refractivity contribution is 5.41. The molecule has 2 rings (SSSR count). The predicted octanol–water partition coefficient (Wildman–Crippen LogP) is 3.78. The number of hydrogen-bond acceptors (Lipinski definition) is 2. The smallest absolute Gasteiger partial charge is 0.123 e. The standard InChI is InChI=1S/C14H18FN3/c1-10(2)18-9-14(8-16-18)17-11(3)12-5-4-6-13(15)7-12/h4-11,17H,1-3H3. The van der Waals surface area contributed by atoms with Crippen molar-refractivity contribution in [3.8, 4) is 0 Å². The van der Waals surface area contributed by atoms with Crippen molar-refractivity contribution in [3.63, 3.8) is 0 Å². The summed E-state index contributed by atoms with van der Waals surface area (Å²) >= 11 is 0. The SMILES string of the molecule is CC(Nc1cnn(C(C)C)c1)c1cccc(F)c1. The van der Waals surface area contributed by atoms with Crippen LogP contribution in [-0.2, 0) is 0 Å². The molecule has 2 aromatic rings. The van der Waals surface area contributed by atoms with E-state index in [4.69, 9.17) is 0 Å². The monoisotopic (exact) mass is 247 g/mol. The van der Waals surface area contributed by atoms with E-state index in [9.17, 15) is 4.39 Å². The van der Waals surface area contributed by atoms with Crippen molar-refractivity contribution in [2.75, 3.05) is 5.32 Å². The number of anilines is 1. The van der Waals surface area contributed by atoms with Gasteiger partial charge in [0.25, 0.3) is 0 Å². The van der Waals surface area contributed by atoms with Crippen LogP contribution in [-0.4, -0.2) is 9.78 Å². The summed E-state index contributed by atoms with van der Waals surface area (Å²) in [5.41, 5.74) is 1.87. The fraction of sp³-hybridized carbons (Fsp3) is 0.357. The topological polar surface area (TPSA) is 29.9 Å². The molecule has 0 bridgehead atoms. The Bertz CT molecular complexity index is 519. The number of aromatic nitrogens is 2. The van der Waals surface area contributed by atoms with Crippen molar-refractivity contribution in [1.29, 1.82) is 0 Å². The molecule has 1 heterocycles. The highest BCUT2D eigenvalue weighted by Crippen LogP contribution is 2.20. The molecule has 0 spiro atoms. The van der Waals surface area contributed by atoms with Gasteiger partial charge in [0, 0.05) is 18.3 Å². The molecule has 0 radical (unpaired) electrons. The first-order valence-corrected chi connectivity index (χ1v) is 6.12. The molecule has 0 saturated heterocycles. The predicted molar refractivity (Wildman–Crippen MR) is 71.0 cm³/mol. The Morgan fingerprint density at radius 1 is 1.28 bits per heavy atom. The third-order valence-corrected chi connectivity index (χ3v) is 2.86. The molecule has 1 N–H and O–H groups in total. The van der Waals surface area contributed by atoms with Crippen molar-refractivity contribution in [2.45, 2.75) is 32.9 Å². The van der Waals surface area contributed by atoms with Gasteiger partial charge in [-0.05, 0) is 38.5 Å². The minimum Gasteiger partial charge on any atom is -0.376 e. The second-order valence-corrected chi connectivity index (χ2v) is 4.72. The van der Waals surface area contributed by atoms with E-state index in [-0.39, 0.29) is 11.9 Å². The summed E-state index contributed by atoms with van der Waals surface area (Å²) in [6, 6.07) is 7.02. The average molecular weight is 247 g/mol. The summed E-state index contributed by atoms with van der Waals surface area (Å²) in [5.74, 6) is -0.209. The van der Waals surface area contributed by atoms with Crippen LogP contribution in [0.4, 0.5) is 10.1 Å². The third kappa shape index (κ3) is 2.88.